The molecule has 4 heterocycles. The summed E-state index contributed by atoms with van der Waals surface area (Å²) < 4.78 is 3.73. The molecule has 0 aliphatic carbocycles. The van der Waals surface area contributed by atoms with E-state index in [0.717, 1.165) is 12.2 Å². The fraction of sp³-hybridized carbons (Fsp3) is 0.294. The number of nitrogens with one attached hydrogen (secondary N) is 1. The van der Waals surface area contributed by atoms with Crippen molar-refractivity contribution in [2.75, 3.05) is 6.54 Å². The molecule has 1 atom stereocenters. The highest BCUT2D eigenvalue weighted by atomic mass is 16.2. The standard InChI is InChI=1S/C17H18N6O2/c1-11-13(10-18-23(11)15-5-6-16(24)20-19-15)17(25)22-9-8-21-7-3-4-14(21)12(22)2/h3-7,10,12H,8-9H2,1-2H3,(H,20,24). The number of hydrogen-bond donors (Lipinski definition) is 1. The maximum atomic E-state index is 13.0. The van der Waals surface area contributed by atoms with Gasteiger partial charge in [-0.05, 0) is 32.0 Å². The highest BCUT2D eigenvalue weighted by Crippen LogP contribution is 2.27. The highest BCUT2D eigenvalue weighted by Gasteiger charge is 2.30. The molecule has 4 rings (SSSR count). The van der Waals surface area contributed by atoms with Crippen LogP contribution in [0.2, 0.25) is 0 Å². The number of hydrogen-bond acceptors (Lipinski definition) is 4. The van der Waals surface area contributed by atoms with E-state index in [1.807, 2.05) is 37.1 Å². The lowest BCUT2D eigenvalue weighted by Gasteiger charge is -2.34. The average Bonchev–Trinajstić information content (AvgIpc) is 3.23. The van der Waals surface area contributed by atoms with E-state index in [0.29, 0.717) is 23.6 Å². The first-order valence-corrected chi connectivity index (χ1v) is 8.13. The van der Waals surface area contributed by atoms with Crippen LogP contribution in [0.4, 0.5) is 0 Å². The van der Waals surface area contributed by atoms with Crippen molar-refractivity contribution in [2.24, 2.45) is 0 Å². The molecule has 0 bridgehead atoms. The third-order valence-electron chi connectivity index (χ3n) is 4.72. The molecule has 1 aliphatic heterocycles. The van der Waals surface area contributed by atoms with Gasteiger partial charge >= 0.3 is 0 Å². The number of aromatic amines is 1. The summed E-state index contributed by atoms with van der Waals surface area (Å²) >= 11 is 0. The van der Waals surface area contributed by atoms with Crippen molar-refractivity contribution in [2.45, 2.75) is 26.4 Å². The Morgan fingerprint density at radius 3 is 2.88 bits per heavy atom. The summed E-state index contributed by atoms with van der Waals surface area (Å²) in [5.41, 5.74) is 2.08. The molecule has 8 heteroatoms. The van der Waals surface area contributed by atoms with Gasteiger partial charge in [0.15, 0.2) is 5.82 Å². The van der Waals surface area contributed by atoms with Crippen LogP contribution in [0.1, 0.15) is 34.7 Å². The zero-order valence-corrected chi connectivity index (χ0v) is 14.0. The second kappa shape index (κ2) is 5.73. The molecule has 3 aromatic rings. The first-order chi connectivity index (χ1) is 12.1. The predicted octanol–water partition coefficient (Wildman–Crippen LogP) is 1.28. The van der Waals surface area contributed by atoms with Gasteiger partial charge in [0, 0.05) is 31.0 Å². The van der Waals surface area contributed by atoms with E-state index in [1.54, 1.807) is 16.9 Å². The largest absolute Gasteiger partial charge is 0.348 e. The van der Waals surface area contributed by atoms with Crippen molar-refractivity contribution in [1.29, 1.82) is 0 Å². The molecule has 0 saturated heterocycles. The summed E-state index contributed by atoms with van der Waals surface area (Å²) in [6.07, 6.45) is 3.60. The van der Waals surface area contributed by atoms with Gasteiger partial charge in [-0.15, -0.1) is 0 Å². The third kappa shape index (κ3) is 2.46. The number of aromatic nitrogens is 5. The number of rotatable bonds is 2. The van der Waals surface area contributed by atoms with Gasteiger partial charge in [0.05, 0.1) is 23.5 Å². The molecule has 0 radical (unpaired) electrons. The van der Waals surface area contributed by atoms with E-state index in [4.69, 9.17) is 0 Å². The van der Waals surface area contributed by atoms with Crippen LogP contribution >= 0.6 is 0 Å². The fourth-order valence-electron chi connectivity index (χ4n) is 3.32. The molecular formula is C17H18N6O2. The second-order valence-electron chi connectivity index (χ2n) is 6.14. The summed E-state index contributed by atoms with van der Waals surface area (Å²) in [5.74, 6) is 0.421. The van der Waals surface area contributed by atoms with Crippen molar-refractivity contribution in [1.82, 2.24) is 29.4 Å². The molecule has 3 aromatic heterocycles. The van der Waals surface area contributed by atoms with Crippen LogP contribution in [0.25, 0.3) is 5.82 Å². The van der Waals surface area contributed by atoms with Crippen LogP contribution in [0, 0.1) is 6.92 Å². The fourth-order valence-corrected chi connectivity index (χ4v) is 3.32. The number of fused-ring (bicyclic) bond motifs is 1. The molecule has 128 valence electrons. The van der Waals surface area contributed by atoms with E-state index in [1.165, 1.54) is 6.07 Å². The third-order valence-corrected chi connectivity index (χ3v) is 4.72. The molecule has 1 amide bonds. The Kier molecular flexibility index (Phi) is 3.52. The molecule has 25 heavy (non-hydrogen) atoms. The summed E-state index contributed by atoms with van der Waals surface area (Å²) in [6.45, 7) is 5.30. The summed E-state index contributed by atoms with van der Waals surface area (Å²) in [5, 5.41) is 10.6. The van der Waals surface area contributed by atoms with E-state index in [2.05, 4.69) is 19.9 Å². The normalized spacial score (nSPS) is 16.7. The Bertz CT molecular complexity index is 978. The smallest absolute Gasteiger partial charge is 0.264 e. The van der Waals surface area contributed by atoms with Crippen LogP contribution in [0.5, 0.6) is 0 Å². The van der Waals surface area contributed by atoms with E-state index >= 15 is 0 Å². The zero-order valence-electron chi connectivity index (χ0n) is 14.0. The number of H-pyrrole nitrogens is 1. The molecule has 0 aromatic carbocycles. The van der Waals surface area contributed by atoms with E-state index < -0.39 is 0 Å². The van der Waals surface area contributed by atoms with Crippen LogP contribution in [-0.4, -0.2) is 41.9 Å². The Morgan fingerprint density at radius 2 is 2.12 bits per heavy atom. The van der Waals surface area contributed by atoms with Gasteiger partial charge in [0.1, 0.15) is 0 Å². The Balaban J connectivity index is 1.66. The molecule has 0 fully saturated rings. The molecule has 0 spiro atoms. The van der Waals surface area contributed by atoms with Gasteiger partial charge in [-0.3, -0.25) is 9.59 Å². The Hall–Kier alpha value is -3.16. The van der Waals surface area contributed by atoms with Gasteiger partial charge in [-0.2, -0.15) is 10.2 Å². The number of nitrogens with zero attached hydrogens (tertiary/aromatic N) is 5. The summed E-state index contributed by atoms with van der Waals surface area (Å²) in [7, 11) is 0. The number of carbonyl (C=O) groups excluding carboxylic acids is 1. The van der Waals surface area contributed by atoms with E-state index in [9.17, 15) is 9.59 Å². The maximum Gasteiger partial charge on any atom is 0.264 e. The zero-order chi connectivity index (χ0) is 17.6. The monoisotopic (exact) mass is 338 g/mol. The minimum atomic E-state index is -0.282. The molecule has 0 saturated carbocycles. The second-order valence-corrected chi connectivity index (χ2v) is 6.14. The summed E-state index contributed by atoms with van der Waals surface area (Å²) in [6, 6.07) is 7.01. The lowest BCUT2D eigenvalue weighted by atomic mass is 10.1. The Labute approximate surface area is 143 Å². The van der Waals surface area contributed by atoms with Crippen molar-refractivity contribution in [3.8, 4) is 5.82 Å². The Morgan fingerprint density at radius 1 is 1.28 bits per heavy atom. The van der Waals surface area contributed by atoms with Crippen LogP contribution in [-0.2, 0) is 6.54 Å². The average molecular weight is 338 g/mol. The van der Waals surface area contributed by atoms with Crippen LogP contribution < -0.4 is 5.56 Å². The lowest BCUT2D eigenvalue weighted by Crippen LogP contribution is -2.40. The van der Waals surface area contributed by atoms with Crippen molar-refractivity contribution in [3.05, 3.63) is 64.0 Å². The van der Waals surface area contributed by atoms with Crippen molar-refractivity contribution >= 4 is 5.91 Å². The van der Waals surface area contributed by atoms with Gasteiger partial charge in [-0.1, -0.05) is 0 Å². The minimum Gasteiger partial charge on any atom is -0.348 e. The molecule has 1 unspecified atom stereocenters. The molecule has 8 nitrogen and oxygen atoms in total. The van der Waals surface area contributed by atoms with Crippen molar-refractivity contribution in [3.63, 3.8) is 0 Å². The van der Waals surface area contributed by atoms with E-state index in [-0.39, 0.29) is 17.5 Å². The van der Waals surface area contributed by atoms with Gasteiger partial charge in [-0.25, -0.2) is 9.78 Å². The molecular weight excluding hydrogens is 320 g/mol. The number of carbonyl (C=O) groups is 1. The lowest BCUT2D eigenvalue weighted by molar-refractivity contribution is 0.0643. The molecule has 1 aliphatic rings. The highest BCUT2D eigenvalue weighted by molar-refractivity contribution is 5.95. The molecule has 1 N–H and O–H groups in total. The van der Waals surface area contributed by atoms with Crippen LogP contribution in [0.15, 0.2) is 41.5 Å². The minimum absolute atomic E-state index is 0.00482. The summed E-state index contributed by atoms with van der Waals surface area (Å²) in [4.78, 5) is 26.1. The van der Waals surface area contributed by atoms with Gasteiger partial charge in [0.25, 0.3) is 11.5 Å². The maximum absolute atomic E-state index is 13.0. The number of amides is 1. The topological polar surface area (TPSA) is 88.8 Å². The first kappa shape index (κ1) is 15.4. The quantitative estimate of drug-likeness (QED) is 0.762. The van der Waals surface area contributed by atoms with Crippen LogP contribution in [0.3, 0.4) is 0 Å². The SMILES string of the molecule is Cc1c(C(=O)N2CCn3cccc3C2C)cnn1-c1ccc(=O)[nH]n1. The van der Waals surface area contributed by atoms with Gasteiger partial charge < -0.3 is 9.47 Å². The van der Waals surface area contributed by atoms with Gasteiger partial charge in [0.2, 0.25) is 0 Å². The van der Waals surface area contributed by atoms with Crippen molar-refractivity contribution < 1.29 is 4.79 Å². The predicted molar refractivity (Wildman–Crippen MR) is 90.6 cm³/mol. The first-order valence-electron chi connectivity index (χ1n) is 8.13.